The molecule has 0 nitrogen and oxygen atoms in total. The van der Waals surface area contributed by atoms with Crippen LogP contribution in [-0.4, -0.2) is 0 Å². The molecule has 0 radical (unpaired) electrons. The Kier molecular flexibility index (Phi) is 19.5. The smallest absolute Gasteiger partial charge is 0.0181 e. The number of aryl methyl sites for hydroxylation is 2. The fourth-order valence-electron chi connectivity index (χ4n) is 7.46. The highest BCUT2D eigenvalue weighted by atomic mass is 14.3. The largest absolute Gasteiger partial charge is 0.0683 e. The van der Waals surface area contributed by atoms with E-state index in [-0.39, 0.29) is 0 Å². The van der Waals surface area contributed by atoms with Gasteiger partial charge in [-0.15, -0.1) is 0 Å². The maximum atomic E-state index is 2.44. The zero-order valence-electron chi connectivity index (χ0n) is 36.8. The number of benzene rings is 4. The van der Waals surface area contributed by atoms with Crippen molar-refractivity contribution in [2.45, 2.75) is 173 Å². The Morgan fingerprint density at radius 2 is 0.654 bits per heavy atom. The topological polar surface area (TPSA) is 0 Å². The molecule has 2 aliphatic rings. The molecule has 0 amide bonds. The molecule has 2 atom stereocenters. The molecule has 4 aromatic rings. The monoisotopic (exact) mass is 705 g/mol. The molecule has 288 valence electrons. The molecule has 0 heterocycles. The molecule has 2 aliphatic carbocycles. The molecule has 0 aromatic heterocycles. The summed E-state index contributed by atoms with van der Waals surface area (Å²) >= 11 is 0. The van der Waals surface area contributed by atoms with Gasteiger partial charge < -0.3 is 0 Å². The first-order valence-corrected chi connectivity index (χ1v) is 21.5. The van der Waals surface area contributed by atoms with Gasteiger partial charge in [-0.25, -0.2) is 0 Å². The van der Waals surface area contributed by atoms with Gasteiger partial charge in [-0.1, -0.05) is 184 Å². The van der Waals surface area contributed by atoms with Crippen molar-refractivity contribution in [2.75, 3.05) is 0 Å². The fraction of sp³-hybridized carbons (Fsp3) is 0.577. The van der Waals surface area contributed by atoms with E-state index in [1.165, 1.54) is 71.6 Å². The fourth-order valence-corrected chi connectivity index (χ4v) is 7.46. The van der Waals surface area contributed by atoms with E-state index in [0.717, 1.165) is 23.7 Å². The van der Waals surface area contributed by atoms with Crippen LogP contribution in [0.25, 0.3) is 10.8 Å². The van der Waals surface area contributed by atoms with Gasteiger partial charge in [0.05, 0.1) is 0 Å². The summed E-state index contributed by atoms with van der Waals surface area (Å²) in [4.78, 5) is 0. The van der Waals surface area contributed by atoms with E-state index < -0.39 is 0 Å². The van der Waals surface area contributed by atoms with Crippen molar-refractivity contribution in [3.8, 4) is 0 Å². The Morgan fingerprint density at radius 1 is 0.365 bits per heavy atom. The highest BCUT2D eigenvalue weighted by Crippen LogP contribution is 2.33. The lowest BCUT2D eigenvalue weighted by molar-refractivity contribution is 0.343. The highest BCUT2D eigenvalue weighted by molar-refractivity contribution is 5.84. The maximum absolute atomic E-state index is 2.44. The molecule has 0 N–H and O–H groups in total. The van der Waals surface area contributed by atoms with Gasteiger partial charge in [-0.3, -0.25) is 0 Å². The van der Waals surface area contributed by atoms with E-state index >= 15 is 0 Å². The van der Waals surface area contributed by atoms with Crippen LogP contribution in [0.15, 0.2) is 72.8 Å². The van der Waals surface area contributed by atoms with Crippen molar-refractivity contribution < 1.29 is 0 Å². The van der Waals surface area contributed by atoms with Crippen LogP contribution in [-0.2, 0) is 25.7 Å². The summed E-state index contributed by atoms with van der Waals surface area (Å²) in [7, 11) is 0. The van der Waals surface area contributed by atoms with Crippen LogP contribution in [0.4, 0.5) is 0 Å². The average Bonchev–Trinajstić information content (AvgIpc) is 3.15. The molecule has 6 rings (SSSR count). The summed E-state index contributed by atoms with van der Waals surface area (Å²) in [6.45, 7) is 35.5. The molecule has 0 saturated heterocycles. The van der Waals surface area contributed by atoms with Crippen molar-refractivity contribution in [3.05, 3.63) is 117 Å². The van der Waals surface area contributed by atoms with E-state index in [1.54, 1.807) is 22.3 Å². The van der Waals surface area contributed by atoms with Gasteiger partial charge in [0.25, 0.3) is 0 Å². The summed E-state index contributed by atoms with van der Waals surface area (Å²) in [5.74, 6) is 6.00. The number of fused-ring (bicyclic) bond motifs is 3. The van der Waals surface area contributed by atoms with Crippen molar-refractivity contribution in [1.82, 2.24) is 0 Å². The molecule has 52 heavy (non-hydrogen) atoms. The Bertz CT molecular complexity index is 1470. The molecule has 0 spiro atoms. The molecule has 2 unspecified atom stereocenters. The van der Waals surface area contributed by atoms with E-state index in [1.807, 2.05) is 27.7 Å². The second-order valence-electron chi connectivity index (χ2n) is 17.0. The normalized spacial score (nSPS) is 16.3. The molecular weight excluding hydrogens is 625 g/mol. The summed E-state index contributed by atoms with van der Waals surface area (Å²) in [6.07, 6.45) is 7.94. The Balaban J connectivity index is 0.000000257. The standard InChI is InChI=1S/2C16H24.C16H20.2C2H6/c3*1-11(2)13-5-7-16-10-14(12(3)4)6-8-15(16)9-13;2*1-2/h2*5,7,9,11-12,14H,6,8,10H2,1-4H3;5-12H,1-4H3;2*1-2H3. The minimum atomic E-state index is 0.606. The lowest BCUT2D eigenvalue weighted by Gasteiger charge is -2.28. The van der Waals surface area contributed by atoms with Gasteiger partial charge in [0.15, 0.2) is 0 Å². The summed E-state index contributed by atoms with van der Waals surface area (Å²) in [6, 6.07) is 27.9. The third-order valence-electron chi connectivity index (χ3n) is 11.4. The minimum Gasteiger partial charge on any atom is -0.0683 e. The van der Waals surface area contributed by atoms with Crippen LogP contribution in [0.1, 0.15) is 192 Å². The first kappa shape index (κ1) is 45.3. The van der Waals surface area contributed by atoms with Gasteiger partial charge in [0.1, 0.15) is 0 Å². The third kappa shape index (κ3) is 13.2. The van der Waals surface area contributed by atoms with Crippen LogP contribution in [0.5, 0.6) is 0 Å². The van der Waals surface area contributed by atoms with Gasteiger partial charge in [0, 0.05) is 0 Å². The summed E-state index contributed by atoms with van der Waals surface area (Å²) < 4.78 is 0. The number of hydrogen-bond donors (Lipinski definition) is 0. The highest BCUT2D eigenvalue weighted by Gasteiger charge is 2.22. The van der Waals surface area contributed by atoms with Gasteiger partial charge >= 0.3 is 0 Å². The molecule has 0 aliphatic heterocycles. The average molecular weight is 705 g/mol. The first-order valence-electron chi connectivity index (χ1n) is 21.5. The minimum absolute atomic E-state index is 0.606. The first-order chi connectivity index (χ1) is 24.7. The molecule has 0 bridgehead atoms. The predicted octanol–water partition coefficient (Wildman–Crippen LogP) is 16.3. The van der Waals surface area contributed by atoms with Crippen LogP contribution in [0.3, 0.4) is 0 Å². The van der Waals surface area contributed by atoms with E-state index in [4.69, 9.17) is 0 Å². The summed E-state index contributed by atoms with van der Waals surface area (Å²) in [5, 5.41) is 2.71. The Morgan fingerprint density at radius 3 is 0.942 bits per heavy atom. The van der Waals surface area contributed by atoms with Crippen LogP contribution >= 0.6 is 0 Å². The Hall–Kier alpha value is -2.86. The third-order valence-corrected chi connectivity index (χ3v) is 11.4. The zero-order chi connectivity index (χ0) is 39.1. The zero-order valence-corrected chi connectivity index (χ0v) is 36.8. The van der Waals surface area contributed by atoms with Gasteiger partial charge in [-0.05, 0) is 141 Å². The molecular formula is C52H80. The molecule has 0 saturated carbocycles. The van der Waals surface area contributed by atoms with E-state index in [0.29, 0.717) is 23.7 Å². The second-order valence-corrected chi connectivity index (χ2v) is 17.0. The summed E-state index contributed by atoms with van der Waals surface area (Å²) in [5.41, 5.74) is 12.3. The quantitative estimate of drug-likeness (QED) is 0.187. The molecule has 0 fully saturated rings. The van der Waals surface area contributed by atoms with Crippen molar-refractivity contribution in [2.24, 2.45) is 23.7 Å². The maximum Gasteiger partial charge on any atom is -0.0181 e. The lowest BCUT2D eigenvalue weighted by Crippen LogP contribution is -2.19. The van der Waals surface area contributed by atoms with Crippen molar-refractivity contribution in [3.63, 3.8) is 0 Å². The Labute approximate surface area is 323 Å². The van der Waals surface area contributed by atoms with Crippen LogP contribution in [0, 0.1) is 23.7 Å². The van der Waals surface area contributed by atoms with Gasteiger partial charge in [-0.2, -0.15) is 0 Å². The van der Waals surface area contributed by atoms with Gasteiger partial charge in [0.2, 0.25) is 0 Å². The van der Waals surface area contributed by atoms with Crippen LogP contribution in [0.2, 0.25) is 0 Å². The number of rotatable bonds is 6. The SMILES string of the molecule is CC.CC.CC(C)c1ccc2c(c1)CCC(C(C)C)C2.CC(C)c1ccc2c(c1)CCC(C(C)C)C2.CC(C)c1ccc2cc(C(C)C)ccc2c1. The lowest BCUT2D eigenvalue weighted by atomic mass is 9.77. The van der Waals surface area contributed by atoms with E-state index in [2.05, 4.69) is 156 Å². The van der Waals surface area contributed by atoms with Crippen molar-refractivity contribution in [1.29, 1.82) is 0 Å². The second kappa shape index (κ2) is 22.4. The predicted molar refractivity (Wildman–Crippen MR) is 237 cm³/mol. The number of hydrogen-bond acceptors (Lipinski definition) is 0. The molecule has 0 heteroatoms. The molecule has 4 aromatic carbocycles. The van der Waals surface area contributed by atoms with Crippen LogP contribution < -0.4 is 0 Å². The van der Waals surface area contributed by atoms with E-state index in [9.17, 15) is 0 Å². The van der Waals surface area contributed by atoms with Crippen molar-refractivity contribution >= 4 is 10.8 Å².